The highest BCUT2D eigenvalue weighted by atomic mass is 32.2. The highest BCUT2D eigenvalue weighted by Gasteiger charge is 2.60. The van der Waals surface area contributed by atoms with Gasteiger partial charge in [-0.05, 0) is 60.5 Å². The molecule has 0 radical (unpaired) electrons. The normalized spacial score (nSPS) is 59.1. The quantitative estimate of drug-likeness (QED) is 0.506. The molecule has 4 aliphatic carbocycles. The van der Waals surface area contributed by atoms with Crippen LogP contribution in [0.4, 0.5) is 0 Å². The molecule has 7 atom stereocenters. The summed E-state index contributed by atoms with van der Waals surface area (Å²) in [5.41, 5.74) is 0. The molecule has 0 nitrogen and oxygen atoms in total. The first-order valence-electron chi connectivity index (χ1n) is 6.68. The summed E-state index contributed by atoms with van der Waals surface area (Å²) in [6.07, 6.45) is 9.77. The second-order valence-electron chi connectivity index (χ2n) is 5.99. The summed E-state index contributed by atoms with van der Waals surface area (Å²) in [5.74, 6) is 7.78. The lowest BCUT2D eigenvalue weighted by molar-refractivity contribution is 0.211. The van der Waals surface area contributed by atoms with Gasteiger partial charge in [-0.25, -0.2) is 0 Å². The van der Waals surface area contributed by atoms with Crippen molar-refractivity contribution in [1.29, 1.82) is 0 Å². The van der Waals surface area contributed by atoms with E-state index in [0.717, 1.165) is 40.8 Å². The molecule has 82 valence electrons. The SMILES string of the molecule is CCSC1CC2CC1C1C3C=CC(C3)C21. The van der Waals surface area contributed by atoms with E-state index in [0.29, 0.717) is 0 Å². The van der Waals surface area contributed by atoms with Gasteiger partial charge in [0.25, 0.3) is 0 Å². The Morgan fingerprint density at radius 2 is 1.87 bits per heavy atom. The predicted octanol–water partition coefficient (Wildman–Crippen LogP) is 3.59. The summed E-state index contributed by atoms with van der Waals surface area (Å²) in [4.78, 5) is 0. The van der Waals surface area contributed by atoms with Crippen molar-refractivity contribution in [3.63, 3.8) is 0 Å². The van der Waals surface area contributed by atoms with Crippen molar-refractivity contribution in [2.75, 3.05) is 5.75 Å². The van der Waals surface area contributed by atoms with Gasteiger partial charge in [0.2, 0.25) is 0 Å². The monoisotopic (exact) mass is 220 g/mol. The largest absolute Gasteiger partial charge is 0.159 e. The average molecular weight is 220 g/mol. The van der Waals surface area contributed by atoms with E-state index >= 15 is 0 Å². The van der Waals surface area contributed by atoms with Crippen molar-refractivity contribution in [1.82, 2.24) is 0 Å². The Morgan fingerprint density at radius 3 is 2.67 bits per heavy atom. The molecule has 3 fully saturated rings. The molecule has 1 heteroatoms. The minimum atomic E-state index is 0.996. The molecule has 0 N–H and O–H groups in total. The van der Waals surface area contributed by atoms with Crippen LogP contribution in [0.3, 0.4) is 0 Å². The second kappa shape index (κ2) is 3.06. The zero-order valence-corrected chi connectivity index (χ0v) is 10.2. The fourth-order valence-corrected chi connectivity index (χ4v) is 6.71. The van der Waals surface area contributed by atoms with Gasteiger partial charge in [-0.1, -0.05) is 19.1 Å². The van der Waals surface area contributed by atoms with E-state index in [9.17, 15) is 0 Å². The number of fused-ring (bicyclic) bond motifs is 9. The maximum absolute atomic E-state index is 2.56. The molecule has 0 aromatic rings. The van der Waals surface area contributed by atoms with E-state index in [1.54, 1.807) is 12.8 Å². The fraction of sp³-hybridized carbons (Fsp3) is 0.857. The lowest BCUT2D eigenvalue weighted by Gasteiger charge is -2.36. The first kappa shape index (κ1) is 9.15. The van der Waals surface area contributed by atoms with E-state index in [-0.39, 0.29) is 0 Å². The number of rotatable bonds is 2. The third-order valence-corrected chi connectivity index (χ3v) is 6.89. The Hall–Kier alpha value is 0.0900. The van der Waals surface area contributed by atoms with Gasteiger partial charge in [-0.3, -0.25) is 0 Å². The summed E-state index contributed by atoms with van der Waals surface area (Å²) < 4.78 is 0. The van der Waals surface area contributed by atoms with Crippen molar-refractivity contribution in [3.05, 3.63) is 12.2 Å². The standard InChI is InChI=1S/C14H20S/c1-2-15-12-7-10-6-11(12)14-9-4-3-8(5-9)13(10)14/h3-4,8-14H,2,5-7H2,1H3. The molecule has 0 saturated heterocycles. The molecule has 0 heterocycles. The minimum Gasteiger partial charge on any atom is -0.159 e. The number of thioether (sulfide) groups is 1. The van der Waals surface area contributed by atoms with E-state index in [1.165, 1.54) is 12.2 Å². The van der Waals surface area contributed by atoms with Gasteiger partial charge in [0.15, 0.2) is 0 Å². The van der Waals surface area contributed by atoms with Crippen LogP contribution < -0.4 is 0 Å². The van der Waals surface area contributed by atoms with Gasteiger partial charge >= 0.3 is 0 Å². The minimum absolute atomic E-state index is 0.996. The summed E-state index contributed by atoms with van der Waals surface area (Å²) in [6, 6.07) is 0. The fourth-order valence-electron chi connectivity index (χ4n) is 5.36. The number of allylic oxidation sites excluding steroid dienone is 2. The van der Waals surface area contributed by atoms with Crippen molar-refractivity contribution >= 4 is 11.8 Å². The van der Waals surface area contributed by atoms with E-state index in [1.807, 2.05) is 0 Å². The van der Waals surface area contributed by atoms with Crippen LogP contribution in [0.25, 0.3) is 0 Å². The summed E-state index contributed by atoms with van der Waals surface area (Å²) in [5, 5.41) is 1.04. The molecule has 3 saturated carbocycles. The predicted molar refractivity (Wildman–Crippen MR) is 65.9 cm³/mol. The van der Waals surface area contributed by atoms with Crippen molar-refractivity contribution in [2.45, 2.75) is 31.4 Å². The Morgan fingerprint density at radius 1 is 1.07 bits per heavy atom. The third kappa shape index (κ3) is 1.06. The van der Waals surface area contributed by atoms with Crippen LogP contribution in [-0.2, 0) is 0 Å². The maximum atomic E-state index is 2.56. The third-order valence-electron chi connectivity index (χ3n) is 5.59. The Balaban J connectivity index is 1.63. The van der Waals surface area contributed by atoms with Gasteiger partial charge in [0.05, 0.1) is 0 Å². The Labute approximate surface area is 96.9 Å². The number of hydrogen-bond donors (Lipinski definition) is 0. The Kier molecular flexibility index (Phi) is 1.87. The van der Waals surface area contributed by atoms with Gasteiger partial charge in [-0.15, -0.1) is 0 Å². The molecule has 4 aliphatic rings. The van der Waals surface area contributed by atoms with Crippen LogP contribution in [0, 0.1) is 35.5 Å². The molecule has 0 aromatic carbocycles. The first-order chi connectivity index (χ1) is 7.38. The van der Waals surface area contributed by atoms with Gasteiger partial charge in [0.1, 0.15) is 0 Å². The Bertz CT molecular complexity index is 308. The molecule has 0 spiro atoms. The number of hydrogen-bond acceptors (Lipinski definition) is 1. The van der Waals surface area contributed by atoms with Crippen LogP contribution in [0.15, 0.2) is 12.2 Å². The maximum Gasteiger partial charge on any atom is 0.00810 e. The molecule has 0 aromatic heterocycles. The lowest BCUT2D eigenvalue weighted by Crippen LogP contribution is -2.32. The average Bonchev–Trinajstić information content (AvgIpc) is 2.95. The lowest BCUT2D eigenvalue weighted by atomic mass is 9.73. The summed E-state index contributed by atoms with van der Waals surface area (Å²) in [6.45, 7) is 2.33. The smallest absolute Gasteiger partial charge is 0.00810 e. The van der Waals surface area contributed by atoms with E-state index in [4.69, 9.17) is 0 Å². The van der Waals surface area contributed by atoms with Gasteiger partial charge < -0.3 is 0 Å². The topological polar surface area (TPSA) is 0 Å². The van der Waals surface area contributed by atoms with Gasteiger partial charge in [0, 0.05) is 5.25 Å². The highest BCUT2D eigenvalue weighted by molar-refractivity contribution is 7.99. The van der Waals surface area contributed by atoms with E-state index in [2.05, 4.69) is 30.8 Å². The van der Waals surface area contributed by atoms with E-state index < -0.39 is 0 Å². The zero-order valence-electron chi connectivity index (χ0n) is 9.43. The molecule has 0 amide bonds. The zero-order chi connectivity index (χ0) is 9.99. The van der Waals surface area contributed by atoms with Crippen molar-refractivity contribution in [3.8, 4) is 0 Å². The molecule has 4 bridgehead atoms. The van der Waals surface area contributed by atoms with Gasteiger partial charge in [-0.2, -0.15) is 11.8 Å². The highest BCUT2D eigenvalue weighted by Crippen LogP contribution is 2.66. The van der Waals surface area contributed by atoms with Crippen molar-refractivity contribution in [2.24, 2.45) is 35.5 Å². The van der Waals surface area contributed by atoms with Crippen LogP contribution in [0.2, 0.25) is 0 Å². The van der Waals surface area contributed by atoms with Crippen LogP contribution in [0.5, 0.6) is 0 Å². The van der Waals surface area contributed by atoms with Crippen LogP contribution in [0.1, 0.15) is 26.2 Å². The molecular formula is C14H20S. The molecular weight excluding hydrogens is 200 g/mol. The molecule has 4 rings (SSSR count). The van der Waals surface area contributed by atoms with Crippen molar-refractivity contribution < 1.29 is 0 Å². The van der Waals surface area contributed by atoms with Crippen LogP contribution in [-0.4, -0.2) is 11.0 Å². The molecule has 15 heavy (non-hydrogen) atoms. The second-order valence-corrected chi connectivity index (χ2v) is 7.51. The molecule has 7 unspecified atom stereocenters. The molecule has 0 aliphatic heterocycles. The summed E-state index contributed by atoms with van der Waals surface area (Å²) >= 11 is 2.25. The van der Waals surface area contributed by atoms with Crippen LogP contribution >= 0.6 is 11.8 Å². The first-order valence-corrected chi connectivity index (χ1v) is 7.73. The summed E-state index contributed by atoms with van der Waals surface area (Å²) in [7, 11) is 0.